The summed E-state index contributed by atoms with van der Waals surface area (Å²) in [5.74, 6) is -1.50. The van der Waals surface area contributed by atoms with Crippen molar-refractivity contribution in [1.82, 2.24) is 15.5 Å². The summed E-state index contributed by atoms with van der Waals surface area (Å²) < 4.78 is 9.91. The van der Waals surface area contributed by atoms with Gasteiger partial charge in [0.1, 0.15) is 24.7 Å². The van der Waals surface area contributed by atoms with Gasteiger partial charge in [-0.2, -0.15) is 0 Å². The van der Waals surface area contributed by atoms with Gasteiger partial charge in [-0.05, 0) is 46.6 Å². The zero-order valence-electron chi connectivity index (χ0n) is 23.6. The first-order valence-corrected chi connectivity index (χ1v) is 13.1. The Bertz CT molecular complexity index is 889. The Morgan fingerprint density at radius 1 is 0.892 bits per heavy atom. The van der Waals surface area contributed by atoms with E-state index in [-0.39, 0.29) is 13.1 Å². The van der Waals surface area contributed by atoms with Crippen LogP contribution >= 0.6 is 0 Å². The number of carbonyl (C=O) groups excluding carboxylic acids is 4. The molecule has 0 fully saturated rings. The van der Waals surface area contributed by atoms with Gasteiger partial charge in [0.05, 0.1) is 7.11 Å². The summed E-state index contributed by atoms with van der Waals surface area (Å²) in [5.41, 5.74) is 1.82. The van der Waals surface area contributed by atoms with E-state index in [1.54, 1.807) is 20.8 Å². The standard InChI is InChI=1S/C28H45N3O6/c1-8-9-10-11-12-13-14-31(23(32)18-30-27(35)37-28(4,5)6)25(26(34)29-19-24(33)36-7)22-16-20(2)15-21(3)17-22/h15-17,25H,8-14,18-19H2,1-7H3,(H,29,34)(H,30,35). The van der Waals surface area contributed by atoms with Crippen LogP contribution in [0.15, 0.2) is 18.2 Å². The van der Waals surface area contributed by atoms with E-state index >= 15 is 0 Å². The molecule has 0 aromatic heterocycles. The van der Waals surface area contributed by atoms with E-state index in [0.29, 0.717) is 18.5 Å². The number of benzene rings is 1. The van der Waals surface area contributed by atoms with Crippen molar-refractivity contribution in [3.63, 3.8) is 0 Å². The number of unbranched alkanes of at least 4 members (excludes halogenated alkanes) is 5. The van der Waals surface area contributed by atoms with Gasteiger partial charge in [0.25, 0.3) is 0 Å². The molecular weight excluding hydrogens is 474 g/mol. The average molecular weight is 520 g/mol. The molecule has 1 rings (SSSR count). The van der Waals surface area contributed by atoms with Crippen molar-refractivity contribution in [2.75, 3.05) is 26.7 Å². The van der Waals surface area contributed by atoms with Crippen LogP contribution in [0.5, 0.6) is 0 Å². The molecule has 0 aliphatic carbocycles. The quantitative estimate of drug-likeness (QED) is 0.279. The molecule has 1 unspecified atom stereocenters. The van der Waals surface area contributed by atoms with Gasteiger partial charge in [0, 0.05) is 6.54 Å². The minimum absolute atomic E-state index is 0.314. The fourth-order valence-corrected chi connectivity index (χ4v) is 3.99. The number of hydrogen-bond donors (Lipinski definition) is 2. The first kappa shape index (κ1) is 31.9. The summed E-state index contributed by atoms with van der Waals surface area (Å²) in [5, 5.41) is 5.11. The molecule has 9 heteroatoms. The zero-order valence-corrected chi connectivity index (χ0v) is 23.6. The highest BCUT2D eigenvalue weighted by Crippen LogP contribution is 2.25. The van der Waals surface area contributed by atoms with Gasteiger partial charge in [-0.25, -0.2) is 4.79 Å². The Hall–Kier alpha value is -3.10. The number of hydrogen-bond acceptors (Lipinski definition) is 6. The molecule has 0 aliphatic heterocycles. The van der Waals surface area contributed by atoms with Crippen molar-refractivity contribution in [3.8, 4) is 0 Å². The van der Waals surface area contributed by atoms with Gasteiger partial charge < -0.3 is 25.0 Å². The van der Waals surface area contributed by atoms with Crippen LogP contribution < -0.4 is 10.6 Å². The maximum Gasteiger partial charge on any atom is 0.408 e. The summed E-state index contributed by atoms with van der Waals surface area (Å²) in [6.45, 7) is 10.9. The number of aryl methyl sites for hydroxylation is 2. The molecule has 0 heterocycles. The predicted molar refractivity (Wildman–Crippen MR) is 143 cm³/mol. The van der Waals surface area contributed by atoms with E-state index in [1.165, 1.54) is 12.0 Å². The van der Waals surface area contributed by atoms with E-state index in [4.69, 9.17) is 4.74 Å². The number of methoxy groups -OCH3 is 1. The van der Waals surface area contributed by atoms with E-state index in [1.807, 2.05) is 32.0 Å². The highest BCUT2D eigenvalue weighted by molar-refractivity contribution is 5.92. The van der Waals surface area contributed by atoms with Crippen LogP contribution in [0, 0.1) is 13.8 Å². The molecule has 2 N–H and O–H groups in total. The summed E-state index contributed by atoms with van der Waals surface area (Å²) >= 11 is 0. The zero-order chi connectivity index (χ0) is 28.0. The van der Waals surface area contributed by atoms with Crippen molar-refractivity contribution in [3.05, 3.63) is 34.9 Å². The molecule has 0 saturated heterocycles. The second-order valence-corrected chi connectivity index (χ2v) is 10.3. The number of rotatable bonds is 14. The largest absolute Gasteiger partial charge is 0.468 e. The van der Waals surface area contributed by atoms with Gasteiger partial charge in [-0.3, -0.25) is 14.4 Å². The van der Waals surface area contributed by atoms with Crippen molar-refractivity contribution in [2.24, 2.45) is 0 Å². The summed E-state index contributed by atoms with van der Waals surface area (Å²) in [7, 11) is 1.24. The minimum Gasteiger partial charge on any atom is -0.468 e. The summed E-state index contributed by atoms with van der Waals surface area (Å²) in [4.78, 5) is 52.2. The highest BCUT2D eigenvalue weighted by Gasteiger charge is 2.32. The van der Waals surface area contributed by atoms with E-state index in [0.717, 1.165) is 43.2 Å². The van der Waals surface area contributed by atoms with Gasteiger partial charge in [-0.1, -0.05) is 68.4 Å². The lowest BCUT2D eigenvalue weighted by Gasteiger charge is -2.32. The van der Waals surface area contributed by atoms with E-state index in [2.05, 4.69) is 22.3 Å². The third-order valence-electron chi connectivity index (χ3n) is 5.61. The molecule has 1 aromatic rings. The fraction of sp³-hybridized carbons (Fsp3) is 0.643. The minimum atomic E-state index is -0.980. The number of esters is 1. The molecule has 1 aromatic carbocycles. The molecule has 0 saturated carbocycles. The number of nitrogens with zero attached hydrogens (tertiary/aromatic N) is 1. The first-order valence-electron chi connectivity index (χ1n) is 13.1. The van der Waals surface area contributed by atoms with E-state index in [9.17, 15) is 19.2 Å². The summed E-state index contributed by atoms with van der Waals surface area (Å²) in [6.07, 6.45) is 5.35. The molecule has 0 aliphatic rings. The Kier molecular flexibility index (Phi) is 13.7. The second-order valence-electron chi connectivity index (χ2n) is 10.3. The number of alkyl carbamates (subject to hydrolysis) is 1. The second kappa shape index (κ2) is 15.9. The lowest BCUT2D eigenvalue weighted by atomic mass is 9.98. The molecule has 0 bridgehead atoms. The normalized spacial score (nSPS) is 11.9. The maximum absolute atomic E-state index is 13.4. The van der Waals surface area contributed by atoms with Crippen molar-refractivity contribution >= 4 is 23.9 Å². The number of nitrogens with one attached hydrogen (secondary N) is 2. The van der Waals surface area contributed by atoms with Crippen molar-refractivity contribution < 1.29 is 28.7 Å². The number of amides is 3. The lowest BCUT2D eigenvalue weighted by molar-refractivity contribution is -0.143. The molecule has 3 amide bonds. The molecule has 9 nitrogen and oxygen atoms in total. The lowest BCUT2D eigenvalue weighted by Crippen LogP contribution is -2.48. The SMILES string of the molecule is CCCCCCCCN(C(=O)CNC(=O)OC(C)(C)C)C(C(=O)NCC(=O)OC)c1cc(C)cc(C)c1. The number of carbonyl (C=O) groups is 4. The van der Waals surface area contributed by atoms with Crippen molar-refractivity contribution in [1.29, 1.82) is 0 Å². The van der Waals surface area contributed by atoms with E-state index < -0.39 is 35.5 Å². The van der Waals surface area contributed by atoms with Crippen LogP contribution in [0.4, 0.5) is 4.79 Å². The molecule has 37 heavy (non-hydrogen) atoms. The molecule has 208 valence electrons. The number of ether oxygens (including phenoxy) is 2. The Balaban J connectivity index is 3.23. The smallest absolute Gasteiger partial charge is 0.408 e. The highest BCUT2D eigenvalue weighted by atomic mass is 16.6. The van der Waals surface area contributed by atoms with Crippen LogP contribution in [-0.4, -0.2) is 61.1 Å². The van der Waals surface area contributed by atoms with Gasteiger partial charge in [-0.15, -0.1) is 0 Å². The Morgan fingerprint density at radius 2 is 1.49 bits per heavy atom. The monoisotopic (exact) mass is 519 g/mol. The fourth-order valence-electron chi connectivity index (χ4n) is 3.99. The average Bonchev–Trinajstić information content (AvgIpc) is 2.80. The van der Waals surface area contributed by atoms with Crippen LogP contribution in [0.25, 0.3) is 0 Å². The third kappa shape index (κ3) is 12.6. The maximum atomic E-state index is 13.4. The van der Waals surface area contributed by atoms with Crippen molar-refractivity contribution in [2.45, 2.75) is 91.7 Å². The van der Waals surface area contributed by atoms with Crippen LogP contribution in [-0.2, 0) is 23.9 Å². The first-order chi connectivity index (χ1) is 17.4. The van der Waals surface area contributed by atoms with Gasteiger partial charge in [0.15, 0.2) is 0 Å². The predicted octanol–water partition coefficient (Wildman–Crippen LogP) is 4.35. The molecule has 0 spiro atoms. The molecular formula is C28H45N3O6. The Labute approximate surface area is 221 Å². The molecule has 1 atom stereocenters. The van der Waals surface area contributed by atoms with Gasteiger partial charge >= 0.3 is 12.1 Å². The van der Waals surface area contributed by atoms with Gasteiger partial charge in [0.2, 0.25) is 11.8 Å². The summed E-state index contributed by atoms with van der Waals surface area (Å²) in [6, 6.07) is 4.72. The topological polar surface area (TPSA) is 114 Å². The third-order valence-corrected chi connectivity index (χ3v) is 5.61. The van der Waals surface area contributed by atoms with Crippen LogP contribution in [0.3, 0.4) is 0 Å². The Morgan fingerprint density at radius 3 is 2.05 bits per heavy atom. The van der Waals surface area contributed by atoms with Crippen LogP contribution in [0.1, 0.15) is 89.0 Å². The van der Waals surface area contributed by atoms with Crippen LogP contribution in [0.2, 0.25) is 0 Å². The molecule has 0 radical (unpaired) electrons.